The number of carbonyl (C=O) groups excluding carboxylic acids is 1. The molecule has 3 aliphatic heterocycles. The van der Waals surface area contributed by atoms with E-state index in [4.69, 9.17) is 4.74 Å². The van der Waals surface area contributed by atoms with Gasteiger partial charge >= 0.3 is 5.97 Å². The number of carbonyl (C=O) groups is 1. The normalized spacial score (nSPS) is 26.1. The lowest BCUT2D eigenvalue weighted by atomic mass is 9.80. The minimum atomic E-state index is -1.72. The highest BCUT2D eigenvalue weighted by atomic mass is 32.1. The van der Waals surface area contributed by atoms with Gasteiger partial charge in [-0.3, -0.25) is 0 Å². The van der Waals surface area contributed by atoms with Crippen molar-refractivity contribution < 1.29 is 19.1 Å². The summed E-state index contributed by atoms with van der Waals surface area (Å²) >= 11 is 2.88. The summed E-state index contributed by atoms with van der Waals surface area (Å²) in [5.74, 6) is -0.520. The molecule has 3 aliphatic rings. The highest BCUT2D eigenvalue weighted by Crippen LogP contribution is 2.43. The fourth-order valence-corrected chi connectivity index (χ4v) is 7.06. The number of quaternary nitrogens is 1. The van der Waals surface area contributed by atoms with E-state index in [1.807, 2.05) is 34.3 Å². The summed E-state index contributed by atoms with van der Waals surface area (Å²) in [5, 5.41) is 17.2. The van der Waals surface area contributed by atoms with E-state index in [1.54, 1.807) is 0 Å². The SMILES string of the molecule is O=C(OC12CC[N+](CCCCc3ccccc3)(CC1)CC2)C(O)(c1ccsc1)c1cccs1. The number of aryl methyl sites for hydroxylation is 1. The van der Waals surface area contributed by atoms with Gasteiger partial charge in [0.1, 0.15) is 5.60 Å². The molecule has 0 radical (unpaired) electrons. The maximum absolute atomic E-state index is 13.5. The van der Waals surface area contributed by atoms with Crippen molar-refractivity contribution in [3.05, 3.63) is 80.7 Å². The summed E-state index contributed by atoms with van der Waals surface area (Å²) in [6.07, 6.45) is 6.27. The summed E-state index contributed by atoms with van der Waals surface area (Å²) in [6.45, 7) is 4.41. The van der Waals surface area contributed by atoms with Gasteiger partial charge in [0.15, 0.2) is 0 Å². The van der Waals surface area contributed by atoms with E-state index in [1.165, 1.54) is 47.6 Å². The van der Waals surface area contributed by atoms with Gasteiger partial charge in [0, 0.05) is 24.8 Å². The smallest absolute Gasteiger partial charge is 0.349 e. The Morgan fingerprint density at radius 3 is 2.39 bits per heavy atom. The highest BCUT2D eigenvalue weighted by molar-refractivity contribution is 7.10. The van der Waals surface area contributed by atoms with Crippen molar-refractivity contribution in [1.29, 1.82) is 0 Å². The quantitative estimate of drug-likeness (QED) is 0.254. The molecule has 0 amide bonds. The Labute approximate surface area is 204 Å². The first-order valence-corrected chi connectivity index (χ1v) is 13.8. The van der Waals surface area contributed by atoms with E-state index in [0.29, 0.717) is 10.4 Å². The van der Waals surface area contributed by atoms with Crippen LogP contribution in [-0.4, -0.2) is 47.3 Å². The fraction of sp³-hybridized carbons (Fsp3) is 0.444. The molecule has 3 saturated heterocycles. The third kappa shape index (κ3) is 4.54. The zero-order valence-electron chi connectivity index (χ0n) is 18.9. The largest absolute Gasteiger partial charge is 0.456 e. The predicted octanol–water partition coefficient (Wildman–Crippen LogP) is 5.36. The van der Waals surface area contributed by atoms with Crippen LogP contribution in [0, 0.1) is 0 Å². The number of aliphatic hydroxyl groups is 1. The Morgan fingerprint density at radius 1 is 1.00 bits per heavy atom. The predicted molar refractivity (Wildman–Crippen MR) is 133 cm³/mol. The van der Waals surface area contributed by atoms with Gasteiger partial charge in [-0.2, -0.15) is 11.3 Å². The summed E-state index contributed by atoms with van der Waals surface area (Å²) in [5.41, 5.74) is -0.125. The van der Waals surface area contributed by atoms with E-state index in [2.05, 4.69) is 30.3 Å². The van der Waals surface area contributed by atoms with Gasteiger partial charge in [-0.15, -0.1) is 11.3 Å². The molecule has 1 aromatic carbocycles. The third-order valence-electron chi connectivity index (χ3n) is 7.74. The second-order valence-electron chi connectivity index (χ2n) is 9.70. The molecule has 4 nitrogen and oxygen atoms in total. The molecule has 0 saturated carbocycles. The Morgan fingerprint density at radius 2 is 1.76 bits per heavy atom. The highest BCUT2D eigenvalue weighted by Gasteiger charge is 2.54. The zero-order valence-corrected chi connectivity index (χ0v) is 20.6. The number of benzene rings is 1. The number of piperidine rings is 3. The van der Waals surface area contributed by atoms with Gasteiger partial charge < -0.3 is 14.3 Å². The van der Waals surface area contributed by atoms with Crippen LogP contribution < -0.4 is 0 Å². The second-order valence-corrected chi connectivity index (χ2v) is 11.4. The number of rotatable bonds is 9. The van der Waals surface area contributed by atoms with E-state index in [0.717, 1.165) is 49.8 Å². The van der Waals surface area contributed by atoms with Crippen molar-refractivity contribution in [2.24, 2.45) is 0 Å². The summed E-state index contributed by atoms with van der Waals surface area (Å²) < 4.78 is 7.38. The standard InChI is InChI=1S/C27H32NO3S2/c29-25(27(30,23-11-20-32-21-23)24-10-6-19-33-24)31-26-12-16-28(17-13-26,18-14-26)15-5-4-9-22-7-2-1-3-8-22/h1-3,6-8,10-11,19-21,30H,4-5,9,12-18H2/q+1. The zero-order chi connectivity index (χ0) is 22.8. The third-order valence-corrected chi connectivity index (χ3v) is 9.40. The molecule has 6 heteroatoms. The molecule has 33 heavy (non-hydrogen) atoms. The number of hydrogen-bond donors (Lipinski definition) is 1. The minimum absolute atomic E-state index is 0.428. The average molecular weight is 483 g/mol. The molecule has 0 aliphatic carbocycles. The topological polar surface area (TPSA) is 46.5 Å². The van der Waals surface area contributed by atoms with Crippen molar-refractivity contribution in [3.63, 3.8) is 0 Å². The number of ether oxygens (including phenoxy) is 1. The van der Waals surface area contributed by atoms with Crippen molar-refractivity contribution in [3.8, 4) is 0 Å². The summed E-state index contributed by atoms with van der Waals surface area (Å²) in [7, 11) is 0. The number of hydrogen-bond acceptors (Lipinski definition) is 5. The van der Waals surface area contributed by atoms with Gasteiger partial charge in [-0.1, -0.05) is 36.4 Å². The van der Waals surface area contributed by atoms with Crippen LogP contribution >= 0.6 is 22.7 Å². The van der Waals surface area contributed by atoms with E-state index in [9.17, 15) is 9.90 Å². The Hall–Kier alpha value is -1.99. The average Bonchev–Trinajstić information content (AvgIpc) is 3.59. The van der Waals surface area contributed by atoms with Gasteiger partial charge in [0.2, 0.25) is 5.60 Å². The molecule has 3 fully saturated rings. The lowest BCUT2D eigenvalue weighted by molar-refractivity contribution is -0.945. The van der Waals surface area contributed by atoms with Gasteiger partial charge in [-0.25, -0.2) is 4.79 Å². The lowest BCUT2D eigenvalue weighted by Gasteiger charge is -2.54. The maximum Gasteiger partial charge on any atom is 0.349 e. The van der Waals surface area contributed by atoms with Gasteiger partial charge in [0.25, 0.3) is 0 Å². The van der Waals surface area contributed by atoms with Crippen molar-refractivity contribution >= 4 is 28.6 Å². The Kier molecular flexibility index (Phi) is 6.45. The molecule has 3 aromatic rings. The number of fused-ring (bicyclic) bond motifs is 3. The molecule has 2 aromatic heterocycles. The molecule has 5 heterocycles. The summed E-state index contributed by atoms with van der Waals surface area (Å²) in [4.78, 5) is 14.1. The van der Waals surface area contributed by atoms with Crippen LogP contribution in [0.3, 0.4) is 0 Å². The molecule has 174 valence electrons. The van der Waals surface area contributed by atoms with Crippen LogP contribution in [0.5, 0.6) is 0 Å². The Balaban J connectivity index is 1.20. The van der Waals surface area contributed by atoms with Crippen LogP contribution in [0.15, 0.2) is 64.7 Å². The maximum atomic E-state index is 13.5. The van der Waals surface area contributed by atoms with E-state index < -0.39 is 17.2 Å². The number of nitrogens with zero attached hydrogens (tertiary/aromatic N) is 1. The molecule has 2 bridgehead atoms. The van der Waals surface area contributed by atoms with E-state index in [-0.39, 0.29) is 0 Å². The van der Waals surface area contributed by atoms with Gasteiger partial charge in [-0.05, 0) is 53.1 Å². The lowest BCUT2D eigenvalue weighted by Crippen LogP contribution is -2.66. The molecule has 1 unspecified atom stereocenters. The minimum Gasteiger partial charge on any atom is -0.456 e. The Bertz CT molecular complexity index is 988. The first-order chi connectivity index (χ1) is 16.0. The molecule has 1 N–H and O–H groups in total. The molecule has 1 atom stereocenters. The van der Waals surface area contributed by atoms with Crippen LogP contribution in [0.4, 0.5) is 0 Å². The molecular formula is C27H32NO3S2+. The number of esters is 1. The monoisotopic (exact) mass is 482 g/mol. The van der Waals surface area contributed by atoms with Crippen LogP contribution in [-0.2, 0) is 21.6 Å². The second kappa shape index (κ2) is 9.34. The van der Waals surface area contributed by atoms with Gasteiger partial charge in [0.05, 0.1) is 31.1 Å². The molecule has 6 rings (SSSR count). The van der Waals surface area contributed by atoms with Crippen LogP contribution in [0.2, 0.25) is 0 Å². The molecular weight excluding hydrogens is 450 g/mol. The number of thiophene rings is 2. The van der Waals surface area contributed by atoms with Crippen molar-refractivity contribution in [1.82, 2.24) is 0 Å². The first-order valence-electron chi connectivity index (χ1n) is 12.0. The first kappa shape index (κ1) is 22.8. The fourth-order valence-electron chi connectivity index (χ4n) is 5.53. The van der Waals surface area contributed by atoms with Crippen LogP contribution in [0.1, 0.15) is 48.1 Å². The molecule has 0 spiro atoms. The van der Waals surface area contributed by atoms with E-state index >= 15 is 0 Å². The van der Waals surface area contributed by atoms with Crippen LogP contribution in [0.25, 0.3) is 0 Å². The number of unbranched alkanes of at least 4 members (excludes halogenated alkanes) is 1. The van der Waals surface area contributed by atoms with Crippen molar-refractivity contribution in [2.75, 3.05) is 26.2 Å². The van der Waals surface area contributed by atoms with Crippen molar-refractivity contribution in [2.45, 2.75) is 49.7 Å². The summed E-state index contributed by atoms with van der Waals surface area (Å²) in [6, 6.07) is 16.2.